The van der Waals surface area contributed by atoms with E-state index in [0.29, 0.717) is 36.7 Å². The van der Waals surface area contributed by atoms with Crippen LogP contribution in [-0.4, -0.2) is 37.0 Å². The number of rotatable bonds is 7. The lowest BCUT2D eigenvalue weighted by Crippen LogP contribution is -2.41. The van der Waals surface area contributed by atoms with Gasteiger partial charge in [-0.15, -0.1) is 0 Å². The first-order chi connectivity index (χ1) is 14.4. The second-order valence-corrected chi connectivity index (χ2v) is 7.60. The number of hydrogen-bond acceptors (Lipinski definition) is 5. The monoisotopic (exact) mass is 414 g/mol. The maximum atomic E-state index is 13.4. The van der Waals surface area contributed by atoms with E-state index in [9.17, 15) is 14.7 Å². The number of aryl methyl sites for hydroxylation is 1. The van der Waals surface area contributed by atoms with E-state index in [2.05, 4.69) is 30.1 Å². The van der Waals surface area contributed by atoms with Crippen molar-refractivity contribution in [2.45, 2.75) is 52.6 Å². The van der Waals surface area contributed by atoms with Crippen molar-refractivity contribution in [3.8, 4) is 6.01 Å². The number of allylic oxidation sites excluding steroid dienone is 6. The third-order valence-electron chi connectivity index (χ3n) is 5.35. The van der Waals surface area contributed by atoms with Crippen LogP contribution in [-0.2, 0) is 13.6 Å². The summed E-state index contributed by atoms with van der Waals surface area (Å²) >= 11 is 0. The first kappa shape index (κ1) is 21.8. The van der Waals surface area contributed by atoms with E-state index >= 15 is 0 Å². The molecule has 0 fully saturated rings. The normalized spacial score (nSPS) is 15.5. The lowest BCUT2D eigenvalue weighted by molar-refractivity contribution is 0.259. The standard InChI is InChI=1S/C22H30N4O4/c1-5-30-21-23-19-18(20(28)26(16(3)12-13-27)22(29)24(19)4)25(21)14-17-9-7-6-8-15(2)10-11-17/h8-11,16,27H,5-7,12-14H2,1-4H3. The highest BCUT2D eigenvalue weighted by molar-refractivity contribution is 5.72. The molecule has 2 aromatic heterocycles. The van der Waals surface area contributed by atoms with Crippen molar-refractivity contribution in [1.82, 2.24) is 18.7 Å². The van der Waals surface area contributed by atoms with Gasteiger partial charge in [0.1, 0.15) is 0 Å². The van der Waals surface area contributed by atoms with Crippen LogP contribution in [0.25, 0.3) is 11.2 Å². The molecule has 0 amide bonds. The van der Waals surface area contributed by atoms with Gasteiger partial charge in [0, 0.05) is 19.7 Å². The van der Waals surface area contributed by atoms with Crippen LogP contribution < -0.4 is 16.0 Å². The van der Waals surface area contributed by atoms with Crippen LogP contribution in [0.5, 0.6) is 6.01 Å². The molecule has 0 radical (unpaired) electrons. The zero-order chi connectivity index (χ0) is 21.8. The summed E-state index contributed by atoms with van der Waals surface area (Å²) in [6.45, 7) is 6.37. The highest BCUT2D eigenvalue weighted by Gasteiger charge is 2.23. The molecule has 2 aromatic rings. The first-order valence-electron chi connectivity index (χ1n) is 10.4. The number of aliphatic hydroxyl groups is 1. The average Bonchev–Trinajstić information content (AvgIpc) is 3.05. The van der Waals surface area contributed by atoms with Gasteiger partial charge in [0.25, 0.3) is 11.6 Å². The molecule has 8 nitrogen and oxygen atoms in total. The number of imidazole rings is 1. The van der Waals surface area contributed by atoms with E-state index in [1.165, 1.54) is 14.7 Å². The first-order valence-corrected chi connectivity index (χ1v) is 10.4. The van der Waals surface area contributed by atoms with Crippen LogP contribution in [0.4, 0.5) is 0 Å². The van der Waals surface area contributed by atoms with Gasteiger partial charge < -0.3 is 9.84 Å². The highest BCUT2D eigenvalue weighted by Crippen LogP contribution is 2.22. The van der Waals surface area contributed by atoms with E-state index in [0.717, 1.165) is 18.4 Å². The Morgan fingerprint density at radius 2 is 1.97 bits per heavy atom. The van der Waals surface area contributed by atoms with E-state index in [4.69, 9.17) is 4.74 Å². The van der Waals surface area contributed by atoms with Crippen molar-refractivity contribution < 1.29 is 9.84 Å². The Labute approximate surface area is 175 Å². The van der Waals surface area contributed by atoms with Crippen molar-refractivity contribution in [2.24, 2.45) is 7.05 Å². The fourth-order valence-electron chi connectivity index (χ4n) is 3.66. The number of nitrogens with zero attached hydrogens (tertiary/aromatic N) is 4. The Morgan fingerprint density at radius 1 is 1.23 bits per heavy atom. The molecule has 1 atom stereocenters. The van der Waals surface area contributed by atoms with Crippen LogP contribution in [0.1, 0.15) is 46.1 Å². The van der Waals surface area contributed by atoms with Crippen LogP contribution >= 0.6 is 0 Å². The minimum atomic E-state index is -0.452. The van der Waals surface area contributed by atoms with Gasteiger partial charge in [-0.05, 0) is 45.6 Å². The van der Waals surface area contributed by atoms with E-state index in [1.807, 2.05) is 13.0 Å². The average molecular weight is 415 g/mol. The zero-order valence-corrected chi connectivity index (χ0v) is 18.1. The molecular weight excluding hydrogens is 384 g/mol. The molecule has 30 heavy (non-hydrogen) atoms. The second kappa shape index (κ2) is 9.30. The third-order valence-corrected chi connectivity index (χ3v) is 5.35. The van der Waals surface area contributed by atoms with E-state index in [-0.39, 0.29) is 6.61 Å². The molecule has 1 N–H and O–H groups in total. The van der Waals surface area contributed by atoms with Gasteiger partial charge in [0.15, 0.2) is 11.2 Å². The van der Waals surface area contributed by atoms with Gasteiger partial charge in [0.2, 0.25) is 0 Å². The predicted octanol–water partition coefficient (Wildman–Crippen LogP) is 2.46. The molecule has 0 aliphatic heterocycles. The lowest BCUT2D eigenvalue weighted by Gasteiger charge is -2.15. The van der Waals surface area contributed by atoms with Crippen LogP contribution in [0.15, 0.2) is 45.0 Å². The molecule has 2 heterocycles. The molecule has 0 spiro atoms. The smallest absolute Gasteiger partial charge is 0.332 e. The second-order valence-electron chi connectivity index (χ2n) is 7.60. The molecule has 0 saturated heterocycles. The minimum absolute atomic E-state index is 0.108. The molecule has 0 bridgehead atoms. The fraction of sp³-hybridized carbons (Fsp3) is 0.500. The molecule has 0 aromatic carbocycles. The molecule has 1 unspecified atom stereocenters. The van der Waals surface area contributed by atoms with Gasteiger partial charge in [-0.2, -0.15) is 4.98 Å². The summed E-state index contributed by atoms with van der Waals surface area (Å²) in [5, 5.41) is 9.30. The van der Waals surface area contributed by atoms with Crippen molar-refractivity contribution >= 4 is 11.2 Å². The van der Waals surface area contributed by atoms with Crippen LogP contribution in [0, 0.1) is 0 Å². The number of aromatic nitrogens is 4. The molecule has 8 heteroatoms. The summed E-state index contributed by atoms with van der Waals surface area (Å²) in [4.78, 5) is 30.7. The molecule has 1 aliphatic carbocycles. The molecule has 3 rings (SSSR count). The zero-order valence-electron chi connectivity index (χ0n) is 18.1. The van der Waals surface area contributed by atoms with Crippen LogP contribution in [0.3, 0.4) is 0 Å². The third kappa shape index (κ3) is 4.18. The predicted molar refractivity (Wildman–Crippen MR) is 117 cm³/mol. The summed E-state index contributed by atoms with van der Waals surface area (Å²) in [6.07, 6.45) is 10.6. The SMILES string of the molecule is CCOc1nc2c(c(=O)n(C(C)CCO)c(=O)n2C)n1CC1=CCCC=C(C)C=C1. The summed E-state index contributed by atoms with van der Waals surface area (Å²) < 4.78 is 10.0. The van der Waals surface area contributed by atoms with Crippen molar-refractivity contribution in [3.05, 3.63) is 56.3 Å². The minimum Gasteiger partial charge on any atom is -0.465 e. The van der Waals surface area contributed by atoms with Gasteiger partial charge in [-0.3, -0.25) is 18.5 Å². The Balaban J connectivity index is 2.23. The summed E-state index contributed by atoms with van der Waals surface area (Å²) in [6, 6.07) is -0.117. The molecule has 1 aliphatic rings. The Morgan fingerprint density at radius 3 is 2.67 bits per heavy atom. The Bertz CT molecular complexity index is 1130. The number of hydrogen-bond donors (Lipinski definition) is 1. The number of fused-ring (bicyclic) bond motifs is 1. The molecular formula is C22H30N4O4. The maximum absolute atomic E-state index is 13.4. The lowest BCUT2D eigenvalue weighted by atomic mass is 10.1. The van der Waals surface area contributed by atoms with Crippen LogP contribution in [0.2, 0.25) is 0 Å². The Hall–Kier alpha value is -2.87. The van der Waals surface area contributed by atoms with Crippen molar-refractivity contribution in [3.63, 3.8) is 0 Å². The molecule has 0 saturated carbocycles. The van der Waals surface area contributed by atoms with Gasteiger partial charge in [-0.1, -0.05) is 29.9 Å². The van der Waals surface area contributed by atoms with Crippen molar-refractivity contribution in [1.29, 1.82) is 0 Å². The van der Waals surface area contributed by atoms with Gasteiger partial charge in [-0.25, -0.2) is 4.79 Å². The van der Waals surface area contributed by atoms with Crippen molar-refractivity contribution in [2.75, 3.05) is 13.2 Å². The quantitative estimate of drug-likeness (QED) is 0.752. The largest absolute Gasteiger partial charge is 0.465 e. The summed E-state index contributed by atoms with van der Waals surface area (Å²) in [5.74, 6) is 0. The topological polar surface area (TPSA) is 91.3 Å². The summed E-state index contributed by atoms with van der Waals surface area (Å²) in [7, 11) is 1.60. The summed E-state index contributed by atoms with van der Waals surface area (Å²) in [5.41, 5.74) is 2.00. The Kier molecular flexibility index (Phi) is 6.77. The molecule has 162 valence electrons. The fourth-order valence-corrected chi connectivity index (χ4v) is 3.66. The van der Waals surface area contributed by atoms with E-state index < -0.39 is 17.3 Å². The highest BCUT2D eigenvalue weighted by atomic mass is 16.5. The van der Waals surface area contributed by atoms with E-state index in [1.54, 1.807) is 18.5 Å². The number of ether oxygens (including phenoxy) is 1. The number of aliphatic hydroxyl groups excluding tert-OH is 1. The van der Waals surface area contributed by atoms with Gasteiger partial charge >= 0.3 is 5.69 Å². The maximum Gasteiger partial charge on any atom is 0.332 e. The van der Waals surface area contributed by atoms with Gasteiger partial charge in [0.05, 0.1) is 13.2 Å².